The molecular weight excluding hydrogens is 332 g/mol. The minimum Gasteiger partial charge on any atom is -0.299 e. The summed E-state index contributed by atoms with van der Waals surface area (Å²) in [7, 11) is 0. The molecule has 2 amide bonds. The Hall–Kier alpha value is -2.79. The molecule has 3 rings (SSSR count). The van der Waals surface area contributed by atoms with Crippen LogP contribution in [0.2, 0.25) is 0 Å². The van der Waals surface area contributed by atoms with Crippen molar-refractivity contribution in [3.8, 4) is 0 Å². The molecule has 0 bridgehead atoms. The van der Waals surface area contributed by atoms with E-state index in [9.17, 15) is 9.59 Å². The second-order valence-corrected chi connectivity index (χ2v) is 6.62. The zero-order chi connectivity index (χ0) is 18.0. The normalized spacial score (nSPS) is 14.2. The van der Waals surface area contributed by atoms with E-state index in [1.165, 1.54) is 22.3 Å². The van der Waals surface area contributed by atoms with Crippen molar-refractivity contribution >= 4 is 35.2 Å². The van der Waals surface area contributed by atoms with E-state index in [0.29, 0.717) is 0 Å². The van der Waals surface area contributed by atoms with Crippen molar-refractivity contribution in [1.82, 2.24) is 10.6 Å². The summed E-state index contributed by atoms with van der Waals surface area (Å²) in [6, 6.07) is 14.3. The predicted octanol–water partition coefficient (Wildman–Crippen LogP) is 2.81. The van der Waals surface area contributed by atoms with Gasteiger partial charge < -0.3 is 0 Å². The Morgan fingerprint density at radius 2 is 1.44 bits per heavy atom. The summed E-state index contributed by atoms with van der Waals surface area (Å²) in [5.41, 5.74) is 5.79. The molecule has 0 aromatic heterocycles. The van der Waals surface area contributed by atoms with Crippen molar-refractivity contribution < 1.29 is 9.59 Å². The van der Waals surface area contributed by atoms with Gasteiger partial charge in [0, 0.05) is 0 Å². The van der Waals surface area contributed by atoms with Gasteiger partial charge in [-0.15, -0.1) is 0 Å². The molecule has 1 aliphatic heterocycles. The lowest BCUT2D eigenvalue weighted by atomic mass is 9.99. The zero-order valence-electron chi connectivity index (χ0n) is 14.1. The van der Waals surface area contributed by atoms with E-state index in [0.717, 1.165) is 12.0 Å². The Balaban J connectivity index is 1.78. The molecule has 0 atom stereocenters. The fourth-order valence-electron chi connectivity index (χ4n) is 2.91. The second-order valence-electron chi connectivity index (χ2n) is 6.21. The summed E-state index contributed by atoms with van der Waals surface area (Å²) in [4.78, 5) is 23.7. The van der Waals surface area contributed by atoms with Gasteiger partial charge in [0.05, 0.1) is 0 Å². The van der Waals surface area contributed by atoms with Crippen LogP contribution in [0.1, 0.15) is 27.8 Å². The van der Waals surface area contributed by atoms with Crippen LogP contribution in [0.25, 0.3) is 6.08 Å². The van der Waals surface area contributed by atoms with Crippen molar-refractivity contribution in [2.45, 2.75) is 20.3 Å². The van der Waals surface area contributed by atoms with Gasteiger partial charge in [-0.25, -0.2) is 0 Å². The Morgan fingerprint density at radius 1 is 0.880 bits per heavy atom. The van der Waals surface area contributed by atoms with E-state index in [1.54, 1.807) is 6.08 Å². The van der Waals surface area contributed by atoms with Gasteiger partial charge in [0.25, 0.3) is 11.8 Å². The Kier molecular flexibility index (Phi) is 4.76. The van der Waals surface area contributed by atoms with E-state index < -0.39 is 11.8 Å². The van der Waals surface area contributed by atoms with Crippen LogP contribution in [0.5, 0.6) is 0 Å². The van der Waals surface area contributed by atoms with Crippen LogP contribution in [0.4, 0.5) is 0 Å². The number of aryl methyl sites for hydroxylation is 2. The average Bonchev–Trinajstić information content (AvgIpc) is 2.51. The summed E-state index contributed by atoms with van der Waals surface area (Å²) in [5.74, 6) is -0.957. The summed E-state index contributed by atoms with van der Waals surface area (Å²) in [6.45, 7) is 4.19. The zero-order valence-corrected chi connectivity index (χ0v) is 14.9. The maximum absolute atomic E-state index is 11.9. The molecule has 0 radical (unpaired) electrons. The molecule has 0 saturated carbocycles. The number of amides is 2. The molecule has 4 nitrogen and oxygen atoms in total. The van der Waals surface area contributed by atoms with E-state index in [4.69, 9.17) is 12.2 Å². The third kappa shape index (κ3) is 4.19. The summed E-state index contributed by atoms with van der Waals surface area (Å²) in [6.07, 6.45) is 2.40. The summed E-state index contributed by atoms with van der Waals surface area (Å²) < 4.78 is 0. The van der Waals surface area contributed by atoms with Crippen molar-refractivity contribution in [3.63, 3.8) is 0 Å². The fourth-order valence-corrected chi connectivity index (χ4v) is 3.10. The Labute approximate surface area is 151 Å². The quantitative estimate of drug-likeness (QED) is 0.508. The molecule has 0 spiro atoms. The molecule has 0 aliphatic carbocycles. The topological polar surface area (TPSA) is 58.2 Å². The summed E-state index contributed by atoms with van der Waals surface area (Å²) in [5, 5.41) is 4.89. The highest BCUT2D eigenvalue weighted by molar-refractivity contribution is 7.80. The van der Waals surface area contributed by atoms with Gasteiger partial charge in [0.2, 0.25) is 0 Å². The third-order valence-corrected chi connectivity index (χ3v) is 4.13. The molecular formula is C20H18N2O2S. The molecule has 126 valence electrons. The maximum Gasteiger partial charge on any atom is 0.263 e. The second kappa shape index (κ2) is 6.99. The van der Waals surface area contributed by atoms with Crippen LogP contribution in [0, 0.1) is 13.8 Å². The minimum atomic E-state index is -0.479. The van der Waals surface area contributed by atoms with Gasteiger partial charge in [0.1, 0.15) is 5.57 Å². The number of hydrogen-bond acceptors (Lipinski definition) is 3. The van der Waals surface area contributed by atoms with E-state index in [2.05, 4.69) is 42.7 Å². The Bertz CT molecular complexity index is 856. The van der Waals surface area contributed by atoms with Gasteiger partial charge in [-0.3, -0.25) is 20.2 Å². The number of rotatable bonds is 3. The van der Waals surface area contributed by atoms with Crippen LogP contribution in [-0.4, -0.2) is 16.9 Å². The number of benzene rings is 2. The lowest BCUT2D eigenvalue weighted by Crippen LogP contribution is -2.51. The van der Waals surface area contributed by atoms with Crippen molar-refractivity contribution in [2.75, 3.05) is 0 Å². The van der Waals surface area contributed by atoms with E-state index in [1.807, 2.05) is 24.3 Å². The first-order valence-electron chi connectivity index (χ1n) is 7.95. The van der Waals surface area contributed by atoms with E-state index >= 15 is 0 Å². The summed E-state index contributed by atoms with van der Waals surface area (Å²) >= 11 is 4.78. The van der Waals surface area contributed by atoms with Gasteiger partial charge in [-0.05, 0) is 55.3 Å². The number of carbonyl (C=O) groups excluding carboxylic acids is 2. The number of carbonyl (C=O) groups is 2. The van der Waals surface area contributed by atoms with Crippen LogP contribution in [0.3, 0.4) is 0 Å². The number of nitrogens with one attached hydrogen (secondary N) is 2. The smallest absolute Gasteiger partial charge is 0.263 e. The highest BCUT2D eigenvalue weighted by Gasteiger charge is 2.25. The molecule has 1 fully saturated rings. The van der Waals surface area contributed by atoms with Crippen LogP contribution < -0.4 is 10.6 Å². The van der Waals surface area contributed by atoms with Crippen molar-refractivity contribution in [2.24, 2.45) is 0 Å². The number of thiocarbonyl (C=S) groups is 1. The largest absolute Gasteiger partial charge is 0.299 e. The first-order chi connectivity index (χ1) is 11.9. The molecule has 2 N–H and O–H groups in total. The number of hydrogen-bond donors (Lipinski definition) is 2. The Morgan fingerprint density at radius 3 is 2.00 bits per heavy atom. The first kappa shape index (κ1) is 17.0. The lowest BCUT2D eigenvalue weighted by Gasteiger charge is -2.16. The van der Waals surface area contributed by atoms with Crippen LogP contribution >= 0.6 is 12.2 Å². The predicted molar refractivity (Wildman–Crippen MR) is 102 cm³/mol. The molecule has 2 aromatic rings. The highest BCUT2D eigenvalue weighted by Crippen LogP contribution is 2.16. The minimum absolute atomic E-state index is 0.0379. The fraction of sp³-hybridized carbons (Fsp3) is 0.150. The van der Waals surface area contributed by atoms with Gasteiger partial charge in [-0.2, -0.15) is 0 Å². The average molecular weight is 350 g/mol. The van der Waals surface area contributed by atoms with Gasteiger partial charge in [-0.1, -0.05) is 53.6 Å². The van der Waals surface area contributed by atoms with Crippen molar-refractivity contribution in [1.29, 1.82) is 0 Å². The van der Waals surface area contributed by atoms with Gasteiger partial charge >= 0.3 is 0 Å². The highest BCUT2D eigenvalue weighted by atomic mass is 32.1. The molecule has 1 heterocycles. The molecule has 1 aliphatic rings. The SMILES string of the molecule is Cc1cc(C)cc(Cc2ccc(C=C3C(=O)NC(=S)NC3=O)cc2)c1. The molecule has 5 heteroatoms. The first-order valence-corrected chi connectivity index (χ1v) is 8.36. The maximum atomic E-state index is 11.9. The van der Waals surface area contributed by atoms with Crippen LogP contribution in [-0.2, 0) is 16.0 Å². The third-order valence-electron chi connectivity index (χ3n) is 3.92. The standard InChI is InChI=1S/C20H18N2O2S/c1-12-7-13(2)9-16(8-12)10-14-3-5-15(6-4-14)11-17-18(23)21-20(25)22-19(17)24/h3-9,11H,10H2,1-2H3,(H2,21,22,23,24,25). The molecule has 1 saturated heterocycles. The van der Waals surface area contributed by atoms with E-state index in [-0.39, 0.29) is 10.7 Å². The monoisotopic (exact) mass is 350 g/mol. The van der Waals surface area contributed by atoms with Crippen molar-refractivity contribution in [3.05, 3.63) is 75.9 Å². The van der Waals surface area contributed by atoms with Crippen LogP contribution in [0.15, 0.2) is 48.0 Å². The molecule has 0 unspecified atom stereocenters. The van der Waals surface area contributed by atoms with Gasteiger partial charge in [0.15, 0.2) is 5.11 Å². The molecule has 25 heavy (non-hydrogen) atoms. The lowest BCUT2D eigenvalue weighted by molar-refractivity contribution is -0.123. The molecule has 2 aromatic carbocycles.